The van der Waals surface area contributed by atoms with Crippen LogP contribution in [0.4, 0.5) is 0 Å². The van der Waals surface area contributed by atoms with Gasteiger partial charge in [0.2, 0.25) is 0 Å². The van der Waals surface area contributed by atoms with E-state index in [1.807, 2.05) is 0 Å². The van der Waals surface area contributed by atoms with Crippen LogP contribution in [0.5, 0.6) is 0 Å². The minimum atomic E-state index is 0.720. The van der Waals surface area contributed by atoms with E-state index >= 15 is 0 Å². The van der Waals surface area contributed by atoms with Crippen molar-refractivity contribution in [3.8, 4) is 0 Å². The van der Waals surface area contributed by atoms with Crippen molar-refractivity contribution >= 4 is 0 Å². The summed E-state index contributed by atoms with van der Waals surface area (Å²) in [4.78, 5) is 2.29. The molecule has 2 nitrogen and oxygen atoms in total. The minimum Gasteiger partial charge on any atom is -0.313 e. The first-order valence-corrected chi connectivity index (χ1v) is 3.60. The second kappa shape index (κ2) is 2.67. The molecule has 2 atom stereocenters. The molecule has 0 spiro atoms. The summed E-state index contributed by atoms with van der Waals surface area (Å²) in [5.41, 5.74) is 0. The van der Waals surface area contributed by atoms with E-state index in [9.17, 15) is 0 Å². The highest BCUT2D eigenvalue weighted by Gasteiger charge is 2.21. The summed E-state index contributed by atoms with van der Waals surface area (Å²) in [6.07, 6.45) is 1.30. The molecular weight excluding hydrogens is 112 g/mol. The van der Waals surface area contributed by atoms with Crippen LogP contribution in [0.1, 0.15) is 13.3 Å². The van der Waals surface area contributed by atoms with Crippen LogP contribution in [0, 0.1) is 0 Å². The molecular formula is C7H16N2. The second-order valence-electron chi connectivity index (χ2n) is 3.16. The molecule has 0 bridgehead atoms. The summed E-state index contributed by atoms with van der Waals surface area (Å²) < 4.78 is 0. The summed E-state index contributed by atoms with van der Waals surface area (Å²) in [5.74, 6) is 0. The Morgan fingerprint density at radius 3 is 2.33 bits per heavy atom. The van der Waals surface area contributed by atoms with Gasteiger partial charge in [-0.1, -0.05) is 0 Å². The molecule has 1 saturated heterocycles. The molecule has 1 N–H and O–H groups in total. The first-order valence-electron chi connectivity index (χ1n) is 3.60. The van der Waals surface area contributed by atoms with Gasteiger partial charge in [0.1, 0.15) is 0 Å². The first-order chi connectivity index (χ1) is 4.20. The Morgan fingerprint density at radius 2 is 2.11 bits per heavy atom. The average Bonchev–Trinajstić information content (AvgIpc) is 2.14. The Morgan fingerprint density at radius 1 is 1.44 bits per heavy atom. The van der Waals surface area contributed by atoms with Crippen LogP contribution < -0.4 is 5.32 Å². The lowest BCUT2D eigenvalue weighted by atomic mass is 10.2. The second-order valence-corrected chi connectivity index (χ2v) is 3.16. The fourth-order valence-corrected chi connectivity index (χ4v) is 1.31. The maximum Gasteiger partial charge on any atom is 0.0229 e. The van der Waals surface area contributed by atoms with Gasteiger partial charge in [-0.05, 0) is 27.4 Å². The van der Waals surface area contributed by atoms with Crippen molar-refractivity contribution in [3.63, 3.8) is 0 Å². The highest BCUT2D eigenvalue weighted by atomic mass is 15.2. The highest BCUT2D eigenvalue weighted by Crippen LogP contribution is 2.09. The minimum absolute atomic E-state index is 0.720. The molecule has 0 aliphatic carbocycles. The van der Waals surface area contributed by atoms with Gasteiger partial charge in [-0.2, -0.15) is 0 Å². The van der Waals surface area contributed by atoms with E-state index in [1.165, 1.54) is 6.42 Å². The summed E-state index contributed by atoms with van der Waals surface area (Å²) in [6.45, 7) is 3.40. The van der Waals surface area contributed by atoms with Crippen LogP contribution in [-0.4, -0.2) is 37.6 Å². The van der Waals surface area contributed by atoms with Crippen LogP contribution in [0.3, 0.4) is 0 Å². The number of hydrogen-bond donors (Lipinski definition) is 1. The number of nitrogens with one attached hydrogen (secondary N) is 1. The zero-order chi connectivity index (χ0) is 6.85. The summed E-state index contributed by atoms with van der Waals surface area (Å²) in [6, 6.07) is 1.48. The summed E-state index contributed by atoms with van der Waals surface area (Å²) >= 11 is 0. The molecule has 1 aliphatic heterocycles. The quantitative estimate of drug-likeness (QED) is 0.546. The third-order valence-corrected chi connectivity index (χ3v) is 2.06. The monoisotopic (exact) mass is 128 g/mol. The first kappa shape index (κ1) is 7.03. The van der Waals surface area contributed by atoms with E-state index in [0.29, 0.717) is 0 Å². The van der Waals surface area contributed by atoms with Gasteiger partial charge in [-0.25, -0.2) is 0 Å². The van der Waals surface area contributed by atoms with Crippen molar-refractivity contribution in [2.75, 3.05) is 20.6 Å². The van der Waals surface area contributed by atoms with Crippen LogP contribution in [0.25, 0.3) is 0 Å². The molecule has 0 aromatic rings. The Balaban J connectivity index is 2.30. The van der Waals surface area contributed by atoms with Crippen LogP contribution in [0.15, 0.2) is 0 Å². The standard InChI is InChI=1S/C7H16N2/c1-6-4-7(5-8-6)9(2)3/h6-8H,4-5H2,1-3H3/t6-,7-/m0/s1. The Labute approximate surface area is 57.2 Å². The van der Waals surface area contributed by atoms with Crippen LogP contribution in [0.2, 0.25) is 0 Å². The predicted octanol–water partition coefficient (Wildman–Crippen LogP) is 0.298. The topological polar surface area (TPSA) is 15.3 Å². The van der Waals surface area contributed by atoms with Crippen molar-refractivity contribution < 1.29 is 0 Å². The lowest BCUT2D eigenvalue weighted by molar-refractivity contribution is 0.310. The third kappa shape index (κ3) is 1.66. The molecule has 0 aromatic heterocycles. The van der Waals surface area contributed by atoms with Crippen molar-refractivity contribution in [3.05, 3.63) is 0 Å². The maximum absolute atomic E-state index is 3.41. The van der Waals surface area contributed by atoms with E-state index in [4.69, 9.17) is 0 Å². The molecule has 1 heterocycles. The van der Waals surface area contributed by atoms with E-state index in [-0.39, 0.29) is 0 Å². The summed E-state index contributed by atoms with van der Waals surface area (Å²) in [5, 5.41) is 3.41. The van der Waals surface area contributed by atoms with Gasteiger partial charge < -0.3 is 10.2 Å². The lowest BCUT2D eigenvalue weighted by Gasteiger charge is -2.16. The van der Waals surface area contributed by atoms with Crippen molar-refractivity contribution in [2.45, 2.75) is 25.4 Å². The normalized spacial score (nSPS) is 36.0. The molecule has 1 rings (SSSR count). The average molecular weight is 128 g/mol. The van der Waals surface area contributed by atoms with E-state index in [0.717, 1.165) is 18.6 Å². The Kier molecular flexibility index (Phi) is 2.09. The zero-order valence-electron chi connectivity index (χ0n) is 6.52. The van der Waals surface area contributed by atoms with Crippen LogP contribution >= 0.6 is 0 Å². The van der Waals surface area contributed by atoms with Crippen molar-refractivity contribution in [1.82, 2.24) is 10.2 Å². The number of hydrogen-bond acceptors (Lipinski definition) is 2. The maximum atomic E-state index is 3.41. The van der Waals surface area contributed by atoms with Gasteiger partial charge in [-0.3, -0.25) is 0 Å². The SMILES string of the molecule is C[C@H]1C[C@H](N(C)C)CN1. The molecule has 0 unspecified atom stereocenters. The molecule has 1 aliphatic rings. The number of rotatable bonds is 1. The van der Waals surface area contributed by atoms with Gasteiger partial charge in [0.15, 0.2) is 0 Å². The summed E-state index contributed by atoms with van der Waals surface area (Å²) in [7, 11) is 4.29. The molecule has 54 valence electrons. The largest absolute Gasteiger partial charge is 0.313 e. The fourth-order valence-electron chi connectivity index (χ4n) is 1.31. The molecule has 0 saturated carbocycles. The van der Waals surface area contributed by atoms with Crippen LogP contribution in [-0.2, 0) is 0 Å². The van der Waals surface area contributed by atoms with Gasteiger partial charge in [0, 0.05) is 18.6 Å². The Hall–Kier alpha value is -0.0800. The smallest absolute Gasteiger partial charge is 0.0229 e. The van der Waals surface area contributed by atoms with Gasteiger partial charge in [-0.15, -0.1) is 0 Å². The molecule has 9 heavy (non-hydrogen) atoms. The molecule has 0 aromatic carbocycles. The molecule has 1 fully saturated rings. The highest BCUT2D eigenvalue weighted by molar-refractivity contribution is 4.82. The van der Waals surface area contributed by atoms with E-state index in [2.05, 4.69) is 31.2 Å². The number of likely N-dealkylation sites (N-methyl/N-ethyl adjacent to an activating group) is 1. The van der Waals surface area contributed by atoms with Crippen molar-refractivity contribution in [1.29, 1.82) is 0 Å². The number of nitrogens with zero attached hydrogens (tertiary/aromatic N) is 1. The fraction of sp³-hybridized carbons (Fsp3) is 1.00. The predicted molar refractivity (Wildman–Crippen MR) is 39.6 cm³/mol. The molecule has 0 radical (unpaired) electrons. The molecule has 2 heteroatoms. The van der Waals surface area contributed by atoms with E-state index in [1.54, 1.807) is 0 Å². The lowest BCUT2D eigenvalue weighted by Crippen LogP contribution is -2.29. The zero-order valence-corrected chi connectivity index (χ0v) is 6.52. The third-order valence-electron chi connectivity index (χ3n) is 2.06. The van der Waals surface area contributed by atoms with E-state index < -0.39 is 0 Å². The molecule has 0 amide bonds. The Bertz CT molecular complexity index is 90.9. The van der Waals surface area contributed by atoms with Gasteiger partial charge in [0.25, 0.3) is 0 Å². The van der Waals surface area contributed by atoms with Gasteiger partial charge >= 0.3 is 0 Å². The van der Waals surface area contributed by atoms with Gasteiger partial charge in [0.05, 0.1) is 0 Å². The van der Waals surface area contributed by atoms with Crippen molar-refractivity contribution in [2.24, 2.45) is 0 Å².